The predicted molar refractivity (Wildman–Crippen MR) is 134 cm³/mol. The maximum absolute atomic E-state index is 13.0. The number of amides is 2. The quantitative estimate of drug-likeness (QED) is 0.395. The Bertz CT molecular complexity index is 1300. The van der Waals surface area contributed by atoms with Gasteiger partial charge in [-0.25, -0.2) is 0 Å². The highest BCUT2D eigenvalue weighted by Crippen LogP contribution is 2.32. The van der Waals surface area contributed by atoms with Crippen molar-refractivity contribution in [2.45, 2.75) is 12.7 Å². The number of ether oxygens (including phenoxy) is 4. The highest BCUT2D eigenvalue weighted by atomic mass is 19.4. The molecule has 0 saturated heterocycles. The number of hydrogen-bond acceptors (Lipinski definition) is 6. The molecule has 0 saturated carbocycles. The van der Waals surface area contributed by atoms with Crippen molar-refractivity contribution in [2.75, 3.05) is 40.3 Å². The standard InChI is InChI=1S/C27H27F3N2O6/c1-32(15-17-8-10-21(35-2)23(12-17)36-3)26(34)18-9-11-22(24(13-18)37-4)38-16-25(33)31-20-7-5-6-19(14-20)27(28,29)30/h5-14H,15-16H2,1-4H3,(H,31,33). The van der Waals surface area contributed by atoms with Crippen molar-refractivity contribution in [2.24, 2.45) is 0 Å². The van der Waals surface area contributed by atoms with E-state index >= 15 is 0 Å². The molecular formula is C27H27F3N2O6. The normalized spacial score (nSPS) is 10.9. The largest absolute Gasteiger partial charge is 0.493 e. The van der Waals surface area contributed by atoms with Gasteiger partial charge in [-0.05, 0) is 54.1 Å². The van der Waals surface area contributed by atoms with Crippen LogP contribution < -0.4 is 24.3 Å². The van der Waals surface area contributed by atoms with E-state index in [-0.39, 0.29) is 23.1 Å². The number of rotatable bonds is 10. The number of hydrogen-bond donors (Lipinski definition) is 1. The summed E-state index contributed by atoms with van der Waals surface area (Å²) >= 11 is 0. The summed E-state index contributed by atoms with van der Waals surface area (Å²) < 4.78 is 60.0. The summed E-state index contributed by atoms with van der Waals surface area (Å²) in [7, 11) is 6.10. The summed E-state index contributed by atoms with van der Waals surface area (Å²) in [5.41, 5.74) is 0.260. The number of anilines is 1. The Hall–Kier alpha value is -4.41. The Kier molecular flexibility index (Phi) is 9.06. The van der Waals surface area contributed by atoms with E-state index in [1.165, 1.54) is 56.6 Å². The van der Waals surface area contributed by atoms with Crippen LogP contribution in [0.2, 0.25) is 0 Å². The number of halogens is 3. The first-order valence-corrected chi connectivity index (χ1v) is 11.3. The van der Waals surface area contributed by atoms with Crippen molar-refractivity contribution in [3.8, 4) is 23.0 Å². The van der Waals surface area contributed by atoms with Crippen LogP contribution in [0, 0.1) is 0 Å². The molecule has 3 aromatic carbocycles. The fraction of sp³-hybridized carbons (Fsp3) is 0.259. The first kappa shape index (κ1) is 28.2. The number of alkyl halides is 3. The Labute approximate surface area is 217 Å². The lowest BCUT2D eigenvalue weighted by Crippen LogP contribution is -2.26. The van der Waals surface area contributed by atoms with Crippen LogP contribution in [0.15, 0.2) is 60.7 Å². The third-order valence-electron chi connectivity index (χ3n) is 5.46. The molecule has 0 unspecified atom stereocenters. The fourth-order valence-electron chi connectivity index (χ4n) is 3.58. The zero-order chi connectivity index (χ0) is 27.9. The molecule has 38 heavy (non-hydrogen) atoms. The molecule has 11 heteroatoms. The van der Waals surface area contributed by atoms with Gasteiger partial charge in [0.1, 0.15) is 0 Å². The van der Waals surface area contributed by atoms with Crippen LogP contribution in [-0.4, -0.2) is 51.7 Å². The second kappa shape index (κ2) is 12.2. The van der Waals surface area contributed by atoms with Crippen molar-refractivity contribution < 1.29 is 41.7 Å². The van der Waals surface area contributed by atoms with Crippen LogP contribution in [0.5, 0.6) is 23.0 Å². The maximum Gasteiger partial charge on any atom is 0.416 e. The molecule has 202 valence electrons. The van der Waals surface area contributed by atoms with Gasteiger partial charge in [-0.3, -0.25) is 9.59 Å². The van der Waals surface area contributed by atoms with Gasteiger partial charge in [-0.2, -0.15) is 13.2 Å². The summed E-state index contributed by atoms with van der Waals surface area (Å²) in [5.74, 6) is 0.571. The molecule has 2 amide bonds. The van der Waals surface area contributed by atoms with Gasteiger partial charge in [-0.15, -0.1) is 0 Å². The highest BCUT2D eigenvalue weighted by molar-refractivity contribution is 5.95. The SMILES string of the molecule is COc1ccc(CN(C)C(=O)c2ccc(OCC(=O)Nc3cccc(C(F)(F)F)c3)c(OC)c2)cc1OC. The Balaban J connectivity index is 1.64. The van der Waals surface area contributed by atoms with Gasteiger partial charge in [0.05, 0.1) is 26.9 Å². The Morgan fingerprint density at radius 1 is 0.842 bits per heavy atom. The van der Waals surface area contributed by atoms with E-state index in [4.69, 9.17) is 18.9 Å². The lowest BCUT2D eigenvalue weighted by Gasteiger charge is -2.19. The number of benzene rings is 3. The number of nitrogens with zero attached hydrogens (tertiary/aromatic N) is 1. The van der Waals surface area contributed by atoms with Crippen LogP contribution in [0.25, 0.3) is 0 Å². The Morgan fingerprint density at radius 2 is 1.50 bits per heavy atom. The predicted octanol–water partition coefficient (Wildman–Crippen LogP) is 5.02. The van der Waals surface area contributed by atoms with Crippen LogP contribution in [0.1, 0.15) is 21.5 Å². The average molecular weight is 533 g/mol. The molecule has 0 atom stereocenters. The third kappa shape index (κ3) is 7.09. The molecule has 0 spiro atoms. The lowest BCUT2D eigenvalue weighted by atomic mass is 10.1. The fourth-order valence-corrected chi connectivity index (χ4v) is 3.58. The molecule has 3 rings (SSSR count). The van der Waals surface area contributed by atoms with E-state index < -0.39 is 24.3 Å². The second-order valence-electron chi connectivity index (χ2n) is 8.13. The highest BCUT2D eigenvalue weighted by Gasteiger charge is 2.30. The van der Waals surface area contributed by atoms with E-state index in [0.717, 1.165) is 17.7 Å². The molecule has 0 radical (unpaired) electrons. The monoisotopic (exact) mass is 532 g/mol. The minimum atomic E-state index is -4.53. The van der Waals surface area contributed by atoms with Gasteiger partial charge in [0.15, 0.2) is 29.6 Å². The molecule has 1 N–H and O–H groups in total. The van der Waals surface area contributed by atoms with E-state index in [9.17, 15) is 22.8 Å². The van der Waals surface area contributed by atoms with E-state index in [2.05, 4.69) is 5.32 Å². The van der Waals surface area contributed by atoms with Gasteiger partial charge in [0, 0.05) is 24.8 Å². The third-order valence-corrected chi connectivity index (χ3v) is 5.46. The van der Waals surface area contributed by atoms with E-state index in [1.807, 2.05) is 6.07 Å². The van der Waals surface area contributed by atoms with Crippen molar-refractivity contribution in [1.29, 1.82) is 0 Å². The number of carbonyl (C=O) groups excluding carboxylic acids is 2. The number of methoxy groups -OCH3 is 3. The first-order valence-electron chi connectivity index (χ1n) is 11.3. The van der Waals surface area contributed by atoms with Gasteiger partial charge in [0.2, 0.25) is 0 Å². The summed E-state index contributed by atoms with van der Waals surface area (Å²) in [6, 6.07) is 14.1. The van der Waals surface area contributed by atoms with Gasteiger partial charge < -0.3 is 29.2 Å². The van der Waals surface area contributed by atoms with Crippen molar-refractivity contribution in [1.82, 2.24) is 4.90 Å². The van der Waals surface area contributed by atoms with Crippen LogP contribution in [0.3, 0.4) is 0 Å². The minimum absolute atomic E-state index is 0.0150. The molecule has 3 aromatic rings. The van der Waals surface area contributed by atoms with Gasteiger partial charge >= 0.3 is 6.18 Å². The van der Waals surface area contributed by atoms with Crippen molar-refractivity contribution >= 4 is 17.5 Å². The second-order valence-corrected chi connectivity index (χ2v) is 8.13. The van der Waals surface area contributed by atoms with Crippen LogP contribution >= 0.6 is 0 Å². The number of nitrogens with one attached hydrogen (secondary N) is 1. The maximum atomic E-state index is 13.0. The molecule has 0 heterocycles. The van der Waals surface area contributed by atoms with Gasteiger partial charge in [-0.1, -0.05) is 12.1 Å². The zero-order valence-electron chi connectivity index (χ0n) is 21.2. The van der Waals surface area contributed by atoms with E-state index in [1.54, 1.807) is 19.2 Å². The molecule has 8 nitrogen and oxygen atoms in total. The first-order chi connectivity index (χ1) is 18.0. The Morgan fingerprint density at radius 3 is 2.16 bits per heavy atom. The van der Waals surface area contributed by atoms with E-state index in [0.29, 0.717) is 23.6 Å². The zero-order valence-corrected chi connectivity index (χ0v) is 21.2. The molecular weight excluding hydrogens is 505 g/mol. The molecule has 0 fully saturated rings. The van der Waals surface area contributed by atoms with Crippen molar-refractivity contribution in [3.63, 3.8) is 0 Å². The molecule has 0 aliphatic carbocycles. The number of carbonyl (C=O) groups is 2. The topological polar surface area (TPSA) is 86.3 Å². The minimum Gasteiger partial charge on any atom is -0.493 e. The summed E-state index contributed by atoms with van der Waals surface area (Å²) in [6.45, 7) is -0.186. The smallest absolute Gasteiger partial charge is 0.416 e. The lowest BCUT2D eigenvalue weighted by molar-refractivity contribution is -0.137. The van der Waals surface area contributed by atoms with Crippen LogP contribution in [-0.2, 0) is 17.5 Å². The summed E-state index contributed by atoms with van der Waals surface area (Å²) in [4.78, 5) is 26.8. The summed E-state index contributed by atoms with van der Waals surface area (Å²) in [6.07, 6.45) is -4.53. The summed E-state index contributed by atoms with van der Waals surface area (Å²) in [5, 5.41) is 2.36. The average Bonchev–Trinajstić information content (AvgIpc) is 2.90. The molecule has 0 aliphatic rings. The molecule has 0 bridgehead atoms. The molecule has 0 aliphatic heterocycles. The van der Waals surface area contributed by atoms with Crippen molar-refractivity contribution in [3.05, 3.63) is 77.4 Å². The molecule has 0 aromatic heterocycles. The van der Waals surface area contributed by atoms with Crippen LogP contribution in [0.4, 0.5) is 18.9 Å². The van der Waals surface area contributed by atoms with Gasteiger partial charge in [0.25, 0.3) is 11.8 Å².